The van der Waals surface area contributed by atoms with Crippen molar-refractivity contribution in [1.29, 1.82) is 0 Å². The lowest BCUT2D eigenvalue weighted by atomic mass is 10.3. The van der Waals surface area contributed by atoms with Crippen molar-refractivity contribution in [3.63, 3.8) is 0 Å². The second kappa shape index (κ2) is 9.78. The van der Waals surface area contributed by atoms with Crippen molar-refractivity contribution in [2.45, 2.75) is 32.7 Å². The number of carbonyl (C=O) groups excluding carboxylic acids is 1. The van der Waals surface area contributed by atoms with Crippen molar-refractivity contribution >= 4 is 16.9 Å². The highest BCUT2D eigenvalue weighted by Crippen LogP contribution is 2.20. The average molecular weight is 381 g/mol. The first-order chi connectivity index (χ1) is 13.7. The summed E-state index contributed by atoms with van der Waals surface area (Å²) in [7, 11) is 1.65. The number of fused-ring (bicyclic) bond motifs is 1. The Balaban J connectivity index is 1.62. The first-order valence-corrected chi connectivity index (χ1v) is 9.69. The maximum absolute atomic E-state index is 11.5. The number of aromatic nitrogens is 2. The molecule has 28 heavy (non-hydrogen) atoms. The molecule has 0 bridgehead atoms. The summed E-state index contributed by atoms with van der Waals surface area (Å²) in [6.07, 6.45) is 2.06. The van der Waals surface area contributed by atoms with E-state index < -0.39 is 0 Å². The van der Waals surface area contributed by atoms with Gasteiger partial charge in [-0.25, -0.2) is 4.98 Å². The fraction of sp³-hybridized carbons (Fsp3) is 0.364. The highest BCUT2D eigenvalue weighted by Gasteiger charge is 2.10. The van der Waals surface area contributed by atoms with Gasteiger partial charge in [0.2, 0.25) is 5.91 Å². The van der Waals surface area contributed by atoms with Crippen LogP contribution in [0, 0.1) is 0 Å². The molecule has 0 unspecified atom stereocenters. The minimum absolute atomic E-state index is 0.0642. The maximum atomic E-state index is 11.5. The van der Waals surface area contributed by atoms with Crippen molar-refractivity contribution in [3.05, 3.63) is 54.4 Å². The maximum Gasteiger partial charge on any atom is 0.219 e. The molecule has 3 rings (SSSR count). The summed E-state index contributed by atoms with van der Waals surface area (Å²) in [5.41, 5.74) is 2.09. The van der Waals surface area contributed by atoms with E-state index in [1.807, 2.05) is 49.4 Å². The third-order valence-electron chi connectivity index (χ3n) is 4.56. The Morgan fingerprint density at radius 3 is 2.79 bits per heavy atom. The first-order valence-electron chi connectivity index (χ1n) is 9.69. The minimum Gasteiger partial charge on any atom is -0.497 e. The largest absolute Gasteiger partial charge is 0.497 e. The van der Waals surface area contributed by atoms with Crippen LogP contribution < -0.4 is 14.8 Å². The van der Waals surface area contributed by atoms with Gasteiger partial charge in [0.05, 0.1) is 24.8 Å². The molecule has 0 aliphatic rings. The van der Waals surface area contributed by atoms with Crippen LogP contribution in [0.3, 0.4) is 0 Å². The van der Waals surface area contributed by atoms with E-state index >= 15 is 0 Å². The fourth-order valence-electron chi connectivity index (χ4n) is 3.11. The molecule has 0 radical (unpaired) electrons. The number of amides is 1. The number of imidazole rings is 1. The van der Waals surface area contributed by atoms with Gasteiger partial charge in [0.1, 0.15) is 17.3 Å². The molecular weight excluding hydrogens is 354 g/mol. The molecule has 3 aromatic rings. The standard InChI is InChI=1S/C22H27N3O3/c1-3-22(26)23-13-12-21-24-19-10-4-5-11-20(19)25(21)14-7-15-28-18-9-6-8-17(16-18)27-2/h4-6,8-11,16H,3,7,12-15H2,1-2H3,(H,23,26). The van der Waals surface area contributed by atoms with Crippen LogP contribution in [0.15, 0.2) is 48.5 Å². The van der Waals surface area contributed by atoms with E-state index in [1.54, 1.807) is 7.11 Å². The third-order valence-corrected chi connectivity index (χ3v) is 4.56. The second-order valence-corrected chi connectivity index (χ2v) is 6.50. The molecule has 1 amide bonds. The molecule has 6 heteroatoms. The number of nitrogens with one attached hydrogen (secondary N) is 1. The van der Waals surface area contributed by atoms with Crippen LogP contribution in [0.2, 0.25) is 0 Å². The van der Waals surface area contributed by atoms with E-state index in [1.165, 1.54) is 0 Å². The van der Waals surface area contributed by atoms with Crippen LogP contribution in [0.4, 0.5) is 0 Å². The molecule has 0 atom stereocenters. The lowest BCUT2D eigenvalue weighted by Crippen LogP contribution is -2.25. The summed E-state index contributed by atoms with van der Waals surface area (Å²) in [5, 5.41) is 2.92. The predicted molar refractivity (Wildman–Crippen MR) is 110 cm³/mol. The van der Waals surface area contributed by atoms with Gasteiger partial charge in [-0.1, -0.05) is 25.1 Å². The Morgan fingerprint density at radius 1 is 1.14 bits per heavy atom. The normalized spacial score (nSPS) is 10.8. The van der Waals surface area contributed by atoms with E-state index in [9.17, 15) is 4.79 Å². The number of nitrogens with zero attached hydrogens (tertiary/aromatic N) is 2. The molecular formula is C22H27N3O3. The summed E-state index contributed by atoms with van der Waals surface area (Å²) in [5.74, 6) is 2.64. The number of ether oxygens (including phenoxy) is 2. The van der Waals surface area contributed by atoms with Gasteiger partial charge in [-0.05, 0) is 30.7 Å². The number of hydrogen-bond donors (Lipinski definition) is 1. The Labute approximate surface area is 165 Å². The summed E-state index contributed by atoms with van der Waals surface area (Å²) in [4.78, 5) is 16.2. The molecule has 2 aromatic carbocycles. The van der Waals surface area contributed by atoms with Gasteiger partial charge in [-0.15, -0.1) is 0 Å². The van der Waals surface area contributed by atoms with Gasteiger partial charge in [-0.3, -0.25) is 4.79 Å². The summed E-state index contributed by atoms with van der Waals surface area (Å²) < 4.78 is 13.3. The van der Waals surface area contributed by atoms with Crippen LogP contribution >= 0.6 is 0 Å². The summed E-state index contributed by atoms with van der Waals surface area (Å²) in [6.45, 7) is 3.86. The minimum atomic E-state index is 0.0642. The lowest BCUT2D eigenvalue weighted by molar-refractivity contribution is -0.120. The highest BCUT2D eigenvalue weighted by atomic mass is 16.5. The molecule has 1 N–H and O–H groups in total. The zero-order valence-electron chi connectivity index (χ0n) is 16.5. The molecule has 148 valence electrons. The molecule has 0 fully saturated rings. The number of rotatable bonds is 10. The highest BCUT2D eigenvalue weighted by molar-refractivity contribution is 5.76. The quantitative estimate of drug-likeness (QED) is 0.545. The summed E-state index contributed by atoms with van der Waals surface area (Å²) >= 11 is 0. The van der Waals surface area contributed by atoms with Crippen molar-refractivity contribution < 1.29 is 14.3 Å². The molecule has 0 spiro atoms. The van der Waals surface area contributed by atoms with Gasteiger partial charge in [-0.2, -0.15) is 0 Å². The third kappa shape index (κ3) is 5.03. The number of methoxy groups -OCH3 is 1. The molecule has 1 heterocycles. The van der Waals surface area contributed by atoms with E-state index in [0.717, 1.165) is 41.3 Å². The monoisotopic (exact) mass is 381 g/mol. The van der Waals surface area contributed by atoms with E-state index in [0.29, 0.717) is 26.0 Å². The fourth-order valence-corrected chi connectivity index (χ4v) is 3.11. The predicted octanol–water partition coefficient (Wildman–Crippen LogP) is 3.58. The average Bonchev–Trinajstić information content (AvgIpc) is 3.08. The number of para-hydroxylation sites is 2. The zero-order chi connectivity index (χ0) is 19.8. The number of benzene rings is 2. The molecule has 1 aromatic heterocycles. The van der Waals surface area contributed by atoms with Crippen LogP contribution in [-0.2, 0) is 17.8 Å². The van der Waals surface area contributed by atoms with Gasteiger partial charge in [0.25, 0.3) is 0 Å². The number of carbonyl (C=O) groups is 1. The van der Waals surface area contributed by atoms with Crippen LogP contribution in [0.1, 0.15) is 25.6 Å². The molecule has 0 saturated heterocycles. The molecule has 0 aliphatic heterocycles. The van der Waals surface area contributed by atoms with Crippen LogP contribution in [0.5, 0.6) is 11.5 Å². The Hall–Kier alpha value is -3.02. The van der Waals surface area contributed by atoms with Gasteiger partial charge >= 0.3 is 0 Å². The number of hydrogen-bond acceptors (Lipinski definition) is 4. The van der Waals surface area contributed by atoms with E-state index in [-0.39, 0.29) is 5.91 Å². The zero-order valence-corrected chi connectivity index (χ0v) is 16.5. The van der Waals surface area contributed by atoms with Gasteiger partial charge in [0.15, 0.2) is 0 Å². The molecule has 0 saturated carbocycles. The topological polar surface area (TPSA) is 65.4 Å². The van der Waals surface area contributed by atoms with Gasteiger partial charge in [0, 0.05) is 32.0 Å². The smallest absolute Gasteiger partial charge is 0.219 e. The Bertz CT molecular complexity index is 920. The van der Waals surface area contributed by atoms with Crippen molar-refractivity contribution in [2.75, 3.05) is 20.3 Å². The van der Waals surface area contributed by atoms with Crippen molar-refractivity contribution in [3.8, 4) is 11.5 Å². The Morgan fingerprint density at radius 2 is 1.96 bits per heavy atom. The molecule has 0 aliphatic carbocycles. The SMILES string of the molecule is CCC(=O)NCCc1nc2ccccc2n1CCCOc1cccc(OC)c1. The molecule has 6 nitrogen and oxygen atoms in total. The Kier molecular flexibility index (Phi) is 6.89. The van der Waals surface area contributed by atoms with E-state index in [2.05, 4.69) is 16.0 Å². The van der Waals surface area contributed by atoms with E-state index in [4.69, 9.17) is 14.5 Å². The van der Waals surface area contributed by atoms with Crippen LogP contribution in [0.25, 0.3) is 11.0 Å². The van der Waals surface area contributed by atoms with Crippen LogP contribution in [-0.4, -0.2) is 35.7 Å². The summed E-state index contributed by atoms with van der Waals surface area (Å²) in [6, 6.07) is 15.7. The lowest BCUT2D eigenvalue weighted by Gasteiger charge is -2.11. The first kappa shape index (κ1) is 19.7. The number of aryl methyl sites for hydroxylation is 1. The second-order valence-electron chi connectivity index (χ2n) is 6.50. The van der Waals surface area contributed by atoms with Crippen molar-refractivity contribution in [1.82, 2.24) is 14.9 Å². The van der Waals surface area contributed by atoms with Gasteiger partial charge < -0.3 is 19.4 Å². The van der Waals surface area contributed by atoms with Crippen molar-refractivity contribution in [2.24, 2.45) is 0 Å².